The molecule has 0 aliphatic carbocycles. The number of nitrogens with two attached hydrogens (primary N) is 1. The highest BCUT2D eigenvalue weighted by molar-refractivity contribution is 7.89. The van der Waals surface area contributed by atoms with Crippen molar-refractivity contribution in [2.75, 3.05) is 6.54 Å². The van der Waals surface area contributed by atoms with Crippen LogP contribution in [-0.4, -0.2) is 30.3 Å². The molecule has 0 fully saturated rings. The van der Waals surface area contributed by atoms with E-state index in [1.54, 1.807) is 13.8 Å². The van der Waals surface area contributed by atoms with Crippen molar-refractivity contribution in [3.8, 4) is 0 Å². The third kappa shape index (κ3) is 4.21. The summed E-state index contributed by atoms with van der Waals surface area (Å²) >= 11 is 4.75. The van der Waals surface area contributed by atoms with E-state index < -0.39 is 15.8 Å². The normalized spacial score (nSPS) is 12.4. The number of nitrogens with zero attached hydrogens (tertiary/aromatic N) is 1. The molecular weight excluding hydrogens is 311 g/mol. The van der Waals surface area contributed by atoms with Crippen LogP contribution in [0, 0.1) is 11.7 Å². The quantitative estimate of drug-likeness (QED) is 0.813. The van der Waals surface area contributed by atoms with Gasteiger partial charge in [0.1, 0.15) is 10.8 Å². The topological polar surface area (TPSA) is 63.4 Å². The van der Waals surface area contributed by atoms with Crippen molar-refractivity contribution in [1.29, 1.82) is 0 Å². The van der Waals surface area contributed by atoms with Gasteiger partial charge in [0.25, 0.3) is 0 Å². The lowest BCUT2D eigenvalue weighted by atomic mass is 10.2. The van der Waals surface area contributed by atoms with Gasteiger partial charge >= 0.3 is 0 Å². The van der Waals surface area contributed by atoms with Gasteiger partial charge in [0.05, 0.1) is 4.90 Å². The molecule has 4 nitrogen and oxygen atoms in total. The Balaban J connectivity index is 3.35. The summed E-state index contributed by atoms with van der Waals surface area (Å²) in [5, 5.41) is 0. The first-order valence-corrected chi connectivity index (χ1v) is 8.53. The van der Waals surface area contributed by atoms with Gasteiger partial charge in [-0.05, 0) is 38.0 Å². The first-order chi connectivity index (χ1) is 9.57. The van der Waals surface area contributed by atoms with Gasteiger partial charge in [-0.25, -0.2) is 12.8 Å². The van der Waals surface area contributed by atoms with E-state index in [-0.39, 0.29) is 27.4 Å². The second-order valence-corrected chi connectivity index (χ2v) is 7.90. The summed E-state index contributed by atoms with van der Waals surface area (Å²) in [6, 6.07) is 3.32. The molecule has 0 unspecified atom stereocenters. The van der Waals surface area contributed by atoms with Crippen molar-refractivity contribution < 1.29 is 12.8 Å². The molecule has 0 aliphatic rings. The minimum atomic E-state index is -3.72. The fourth-order valence-electron chi connectivity index (χ4n) is 1.94. The highest BCUT2D eigenvalue weighted by Gasteiger charge is 2.28. The zero-order valence-electron chi connectivity index (χ0n) is 12.6. The van der Waals surface area contributed by atoms with Crippen molar-refractivity contribution in [2.45, 2.75) is 38.6 Å². The maximum Gasteiger partial charge on any atom is 0.243 e. The lowest BCUT2D eigenvalue weighted by Gasteiger charge is -2.27. The van der Waals surface area contributed by atoms with E-state index in [4.69, 9.17) is 18.0 Å². The Morgan fingerprint density at radius 1 is 1.33 bits per heavy atom. The molecule has 0 heterocycles. The Bertz CT molecular complexity index is 628. The Morgan fingerprint density at radius 2 is 1.90 bits per heavy atom. The first kappa shape index (κ1) is 18.0. The lowest BCUT2D eigenvalue weighted by Crippen LogP contribution is -2.39. The third-order valence-electron chi connectivity index (χ3n) is 2.93. The summed E-state index contributed by atoms with van der Waals surface area (Å²) in [6.07, 6.45) is 0. The van der Waals surface area contributed by atoms with E-state index in [1.165, 1.54) is 16.4 Å². The van der Waals surface area contributed by atoms with Crippen LogP contribution < -0.4 is 5.73 Å². The molecule has 1 aromatic carbocycles. The van der Waals surface area contributed by atoms with E-state index in [0.717, 1.165) is 6.07 Å². The molecule has 0 bridgehead atoms. The smallest absolute Gasteiger partial charge is 0.243 e. The number of hydrogen-bond donors (Lipinski definition) is 1. The van der Waals surface area contributed by atoms with Crippen LogP contribution in [0.1, 0.15) is 33.3 Å². The van der Waals surface area contributed by atoms with Crippen molar-refractivity contribution in [2.24, 2.45) is 11.7 Å². The van der Waals surface area contributed by atoms with Crippen molar-refractivity contribution in [3.05, 3.63) is 29.6 Å². The average molecular weight is 332 g/mol. The largest absolute Gasteiger partial charge is 0.389 e. The predicted octanol–water partition coefficient (Wildman–Crippen LogP) is 2.52. The molecule has 0 radical (unpaired) electrons. The molecule has 0 saturated heterocycles. The van der Waals surface area contributed by atoms with Gasteiger partial charge in [-0.15, -0.1) is 0 Å². The molecule has 2 N–H and O–H groups in total. The van der Waals surface area contributed by atoms with Crippen LogP contribution in [0.2, 0.25) is 0 Å². The molecule has 1 rings (SSSR count). The molecule has 118 valence electrons. The molecule has 0 aliphatic heterocycles. The zero-order valence-corrected chi connectivity index (χ0v) is 14.3. The maximum atomic E-state index is 13.6. The summed E-state index contributed by atoms with van der Waals surface area (Å²) in [6.45, 7) is 7.88. The molecule has 7 heteroatoms. The molecule has 0 amide bonds. The SMILES string of the molecule is CC(C)CN(C(C)C)S(=O)(=O)c1ccc(F)c(C(N)=S)c1. The summed E-state index contributed by atoms with van der Waals surface area (Å²) in [7, 11) is -3.72. The molecule has 21 heavy (non-hydrogen) atoms. The lowest BCUT2D eigenvalue weighted by molar-refractivity contribution is 0.319. The minimum absolute atomic E-state index is 0.000972. The number of benzene rings is 1. The monoisotopic (exact) mass is 332 g/mol. The maximum absolute atomic E-state index is 13.6. The number of thiocarbonyl (C=S) groups is 1. The van der Waals surface area contributed by atoms with E-state index >= 15 is 0 Å². The Labute approximate surface area is 131 Å². The van der Waals surface area contributed by atoms with Crippen molar-refractivity contribution in [3.63, 3.8) is 0 Å². The summed E-state index contributed by atoms with van der Waals surface area (Å²) in [4.78, 5) is -0.162. The van der Waals surface area contributed by atoms with Gasteiger partial charge in [0.2, 0.25) is 10.0 Å². The summed E-state index contributed by atoms with van der Waals surface area (Å²) in [5.74, 6) is -0.445. The van der Waals surface area contributed by atoms with Crippen LogP contribution in [0.15, 0.2) is 23.1 Å². The Kier molecular flexibility index (Phi) is 5.83. The van der Waals surface area contributed by atoms with E-state index in [9.17, 15) is 12.8 Å². The fourth-order valence-corrected chi connectivity index (χ4v) is 3.92. The second-order valence-electron chi connectivity index (χ2n) is 5.57. The van der Waals surface area contributed by atoms with Crippen LogP contribution in [0.4, 0.5) is 4.39 Å². The van der Waals surface area contributed by atoms with Gasteiger partial charge in [-0.3, -0.25) is 0 Å². The average Bonchev–Trinajstić information content (AvgIpc) is 2.35. The summed E-state index contributed by atoms with van der Waals surface area (Å²) in [5.41, 5.74) is 5.37. The highest BCUT2D eigenvalue weighted by atomic mass is 32.2. The highest BCUT2D eigenvalue weighted by Crippen LogP contribution is 2.22. The van der Waals surface area contributed by atoms with E-state index in [0.29, 0.717) is 6.54 Å². The van der Waals surface area contributed by atoms with Crippen molar-refractivity contribution in [1.82, 2.24) is 4.31 Å². The molecule has 0 saturated carbocycles. The van der Waals surface area contributed by atoms with Crippen LogP contribution in [0.25, 0.3) is 0 Å². The van der Waals surface area contributed by atoms with E-state index in [1.807, 2.05) is 13.8 Å². The molecule has 0 aromatic heterocycles. The minimum Gasteiger partial charge on any atom is -0.389 e. The van der Waals surface area contributed by atoms with E-state index in [2.05, 4.69) is 0 Å². The number of halogens is 1. The predicted molar refractivity (Wildman–Crippen MR) is 86.2 cm³/mol. The fraction of sp³-hybridized carbons (Fsp3) is 0.500. The third-order valence-corrected chi connectivity index (χ3v) is 5.19. The van der Waals surface area contributed by atoms with Gasteiger partial charge in [-0.2, -0.15) is 4.31 Å². The molecule has 0 atom stereocenters. The molecule has 0 spiro atoms. The standard InChI is InChI=1S/C14H21FN2O2S2/c1-9(2)8-17(10(3)4)21(18,19)11-5-6-13(15)12(7-11)14(16)20/h5-7,9-10H,8H2,1-4H3,(H2,16,20). The molecule has 1 aromatic rings. The number of sulfonamides is 1. The van der Waals surface area contributed by atoms with Gasteiger partial charge in [-0.1, -0.05) is 26.1 Å². The Hall–Kier alpha value is -1.05. The number of hydrogen-bond acceptors (Lipinski definition) is 3. The number of rotatable bonds is 6. The van der Waals surface area contributed by atoms with Gasteiger partial charge in [0.15, 0.2) is 0 Å². The van der Waals surface area contributed by atoms with Gasteiger partial charge < -0.3 is 5.73 Å². The zero-order chi connectivity index (χ0) is 16.4. The Morgan fingerprint density at radius 3 is 2.33 bits per heavy atom. The van der Waals surface area contributed by atoms with Crippen LogP contribution in [0.3, 0.4) is 0 Å². The van der Waals surface area contributed by atoms with Crippen LogP contribution >= 0.6 is 12.2 Å². The van der Waals surface area contributed by atoms with Crippen LogP contribution in [-0.2, 0) is 10.0 Å². The second kappa shape index (κ2) is 6.81. The van der Waals surface area contributed by atoms with Crippen LogP contribution in [0.5, 0.6) is 0 Å². The van der Waals surface area contributed by atoms with Crippen molar-refractivity contribution >= 4 is 27.2 Å². The van der Waals surface area contributed by atoms with Gasteiger partial charge in [0, 0.05) is 18.2 Å². The first-order valence-electron chi connectivity index (χ1n) is 6.68. The summed E-state index contributed by atoms with van der Waals surface area (Å²) < 4.78 is 40.4. The molecular formula is C14H21FN2O2S2.